The van der Waals surface area contributed by atoms with Gasteiger partial charge in [-0.3, -0.25) is 4.90 Å². The molecule has 1 saturated heterocycles. The van der Waals surface area contributed by atoms with Crippen molar-refractivity contribution in [3.63, 3.8) is 0 Å². The van der Waals surface area contributed by atoms with Crippen LogP contribution in [0.25, 0.3) is 10.2 Å². The molecule has 5 nitrogen and oxygen atoms in total. The molecule has 2 aliphatic rings. The van der Waals surface area contributed by atoms with Crippen LogP contribution >= 0.6 is 34.7 Å². The number of hydrogen-bond donors (Lipinski definition) is 1. The van der Waals surface area contributed by atoms with E-state index >= 15 is 0 Å². The van der Waals surface area contributed by atoms with Crippen LogP contribution in [0.2, 0.25) is 5.02 Å². The second kappa shape index (κ2) is 9.63. The molecule has 0 saturated carbocycles. The molecule has 1 aromatic carbocycles. The summed E-state index contributed by atoms with van der Waals surface area (Å²) in [6.45, 7) is 4.80. The van der Waals surface area contributed by atoms with E-state index < -0.39 is 0 Å². The Balaban J connectivity index is 1.46. The van der Waals surface area contributed by atoms with Crippen LogP contribution in [0.5, 0.6) is 0 Å². The SMILES string of the molecule is OCCN1CCN(c2nc(CSc3ccc(Cl)cc3)nc3sc4c(c23)CCCC4)CC1. The van der Waals surface area contributed by atoms with E-state index in [0.717, 1.165) is 66.4 Å². The van der Waals surface area contributed by atoms with Gasteiger partial charge in [-0.2, -0.15) is 0 Å². The van der Waals surface area contributed by atoms with Crippen molar-refractivity contribution in [2.45, 2.75) is 36.3 Å². The zero-order chi connectivity index (χ0) is 21.2. The number of anilines is 1. The monoisotopic (exact) mass is 474 g/mol. The number of halogens is 1. The fraction of sp³-hybridized carbons (Fsp3) is 0.478. The van der Waals surface area contributed by atoms with E-state index in [1.807, 2.05) is 23.5 Å². The zero-order valence-electron chi connectivity index (χ0n) is 17.5. The normalized spacial score (nSPS) is 17.3. The molecule has 2 aromatic heterocycles. The molecule has 0 bridgehead atoms. The molecule has 0 spiro atoms. The highest BCUT2D eigenvalue weighted by atomic mass is 35.5. The Morgan fingerprint density at radius 1 is 1.03 bits per heavy atom. The molecule has 3 heterocycles. The van der Waals surface area contributed by atoms with Gasteiger partial charge in [0.2, 0.25) is 0 Å². The summed E-state index contributed by atoms with van der Waals surface area (Å²) >= 11 is 9.66. The quantitative estimate of drug-likeness (QED) is 0.525. The average molecular weight is 475 g/mol. The Kier molecular flexibility index (Phi) is 6.67. The van der Waals surface area contributed by atoms with E-state index in [1.54, 1.807) is 11.8 Å². The fourth-order valence-corrected chi connectivity index (χ4v) is 6.63. The van der Waals surface area contributed by atoms with Crippen LogP contribution in [0.1, 0.15) is 29.1 Å². The maximum absolute atomic E-state index is 9.27. The van der Waals surface area contributed by atoms with Gasteiger partial charge in [0.15, 0.2) is 0 Å². The summed E-state index contributed by atoms with van der Waals surface area (Å²) in [7, 11) is 0. The van der Waals surface area contributed by atoms with Crippen LogP contribution in [0.3, 0.4) is 0 Å². The van der Waals surface area contributed by atoms with E-state index in [9.17, 15) is 5.11 Å². The van der Waals surface area contributed by atoms with Crippen molar-refractivity contribution in [3.8, 4) is 0 Å². The largest absolute Gasteiger partial charge is 0.395 e. The summed E-state index contributed by atoms with van der Waals surface area (Å²) < 4.78 is 0. The van der Waals surface area contributed by atoms with Crippen molar-refractivity contribution < 1.29 is 5.11 Å². The molecule has 0 unspecified atom stereocenters. The molecule has 164 valence electrons. The van der Waals surface area contributed by atoms with Gasteiger partial charge in [0, 0.05) is 47.5 Å². The van der Waals surface area contributed by atoms with Gasteiger partial charge in [0.1, 0.15) is 16.5 Å². The molecular weight excluding hydrogens is 448 g/mol. The predicted octanol–water partition coefficient (Wildman–Crippen LogP) is 4.63. The first-order valence-electron chi connectivity index (χ1n) is 11.0. The van der Waals surface area contributed by atoms with Crippen LogP contribution in [-0.4, -0.2) is 59.3 Å². The van der Waals surface area contributed by atoms with Gasteiger partial charge >= 0.3 is 0 Å². The number of aryl methyl sites for hydroxylation is 2. The predicted molar refractivity (Wildman–Crippen MR) is 131 cm³/mol. The summed E-state index contributed by atoms with van der Waals surface area (Å²) in [5.41, 5.74) is 1.50. The van der Waals surface area contributed by atoms with Crippen LogP contribution in [0, 0.1) is 0 Å². The summed E-state index contributed by atoms with van der Waals surface area (Å²) in [5, 5.41) is 11.3. The number of thioether (sulfide) groups is 1. The van der Waals surface area contributed by atoms with Gasteiger partial charge < -0.3 is 10.0 Å². The first kappa shape index (κ1) is 21.5. The minimum Gasteiger partial charge on any atom is -0.395 e. The standard InChI is InChI=1S/C23H27ClN4OS2/c24-16-5-7-17(8-6-16)30-15-20-25-22(28-11-9-27(10-12-28)13-14-29)21-18-3-1-2-4-19(18)31-23(21)26-20/h5-8,29H,1-4,9-15H2. The number of thiophene rings is 1. The highest BCUT2D eigenvalue weighted by molar-refractivity contribution is 7.98. The molecule has 5 rings (SSSR count). The number of nitrogens with zero attached hydrogens (tertiary/aromatic N) is 4. The van der Waals surface area contributed by atoms with Crippen molar-refractivity contribution in [3.05, 3.63) is 45.6 Å². The lowest BCUT2D eigenvalue weighted by molar-refractivity contribution is 0.188. The first-order chi connectivity index (χ1) is 15.2. The number of hydrogen-bond acceptors (Lipinski definition) is 7. The van der Waals surface area contributed by atoms with Gasteiger partial charge in [0.05, 0.1) is 17.7 Å². The molecule has 1 aliphatic heterocycles. The van der Waals surface area contributed by atoms with Crippen LogP contribution in [0.4, 0.5) is 5.82 Å². The molecule has 1 aliphatic carbocycles. The third kappa shape index (κ3) is 4.71. The number of fused-ring (bicyclic) bond motifs is 3. The van der Waals surface area contributed by atoms with Crippen molar-refractivity contribution in [2.75, 3.05) is 44.2 Å². The Hall–Kier alpha value is -1.38. The lowest BCUT2D eigenvalue weighted by Crippen LogP contribution is -2.47. The fourth-order valence-electron chi connectivity index (χ4n) is 4.48. The van der Waals surface area contributed by atoms with E-state index in [4.69, 9.17) is 21.6 Å². The second-order valence-corrected chi connectivity index (χ2v) is 10.7. The average Bonchev–Trinajstić information content (AvgIpc) is 3.17. The Morgan fingerprint density at radius 3 is 2.58 bits per heavy atom. The molecular formula is C23H27ClN4OS2. The van der Waals surface area contributed by atoms with Crippen LogP contribution in [0.15, 0.2) is 29.2 Å². The molecule has 8 heteroatoms. The van der Waals surface area contributed by atoms with Crippen molar-refractivity contribution >= 4 is 50.7 Å². The van der Waals surface area contributed by atoms with Crippen LogP contribution in [-0.2, 0) is 18.6 Å². The lowest BCUT2D eigenvalue weighted by Gasteiger charge is -2.35. The van der Waals surface area contributed by atoms with Crippen molar-refractivity contribution in [2.24, 2.45) is 0 Å². The maximum Gasteiger partial charge on any atom is 0.142 e. The van der Waals surface area contributed by atoms with E-state index in [0.29, 0.717) is 0 Å². The molecule has 1 fully saturated rings. The minimum absolute atomic E-state index is 0.224. The summed E-state index contributed by atoms with van der Waals surface area (Å²) in [6, 6.07) is 7.96. The molecule has 3 aromatic rings. The highest BCUT2D eigenvalue weighted by Crippen LogP contribution is 2.40. The van der Waals surface area contributed by atoms with E-state index in [1.165, 1.54) is 40.0 Å². The van der Waals surface area contributed by atoms with Gasteiger partial charge in [0.25, 0.3) is 0 Å². The number of rotatable bonds is 6. The first-order valence-corrected chi connectivity index (χ1v) is 13.2. The smallest absolute Gasteiger partial charge is 0.142 e. The van der Waals surface area contributed by atoms with Gasteiger partial charge in [-0.25, -0.2) is 9.97 Å². The Morgan fingerprint density at radius 2 is 1.81 bits per heavy atom. The lowest BCUT2D eigenvalue weighted by atomic mass is 9.97. The number of piperazine rings is 1. The highest BCUT2D eigenvalue weighted by Gasteiger charge is 2.26. The van der Waals surface area contributed by atoms with Crippen molar-refractivity contribution in [1.29, 1.82) is 0 Å². The molecule has 31 heavy (non-hydrogen) atoms. The topological polar surface area (TPSA) is 52.5 Å². The number of β-amino-alcohol motifs (C(OH)–C–C–N with tert-alkyl or cyclic N) is 1. The van der Waals surface area contributed by atoms with Gasteiger partial charge in [-0.05, 0) is 55.5 Å². The summed E-state index contributed by atoms with van der Waals surface area (Å²) in [4.78, 5) is 18.7. The number of aliphatic hydroxyl groups excluding tert-OH is 1. The van der Waals surface area contributed by atoms with E-state index in [-0.39, 0.29) is 6.61 Å². The second-order valence-electron chi connectivity index (χ2n) is 8.15. The Labute approximate surface area is 196 Å². The molecule has 0 atom stereocenters. The number of benzene rings is 1. The zero-order valence-corrected chi connectivity index (χ0v) is 19.9. The molecule has 1 N–H and O–H groups in total. The van der Waals surface area contributed by atoms with Crippen LogP contribution < -0.4 is 4.90 Å². The third-order valence-electron chi connectivity index (χ3n) is 6.11. The molecule has 0 amide bonds. The summed E-state index contributed by atoms with van der Waals surface area (Å²) in [5.74, 6) is 2.77. The maximum atomic E-state index is 9.27. The van der Waals surface area contributed by atoms with Gasteiger partial charge in [-0.1, -0.05) is 11.6 Å². The van der Waals surface area contributed by atoms with Crippen molar-refractivity contribution in [1.82, 2.24) is 14.9 Å². The third-order valence-corrected chi connectivity index (χ3v) is 8.56. The molecule has 0 radical (unpaired) electrons. The Bertz CT molecular complexity index is 1050. The summed E-state index contributed by atoms with van der Waals surface area (Å²) in [6.07, 6.45) is 4.86. The van der Waals surface area contributed by atoms with Gasteiger partial charge in [-0.15, -0.1) is 23.1 Å². The van der Waals surface area contributed by atoms with E-state index in [2.05, 4.69) is 21.9 Å². The number of aliphatic hydroxyl groups is 1. The number of aromatic nitrogens is 2. The minimum atomic E-state index is 0.224.